The van der Waals surface area contributed by atoms with E-state index in [2.05, 4.69) is 15.6 Å². The van der Waals surface area contributed by atoms with Crippen molar-refractivity contribution in [3.63, 3.8) is 0 Å². The van der Waals surface area contributed by atoms with Gasteiger partial charge in [-0.3, -0.25) is 4.99 Å². The number of guanidine groups is 1. The van der Waals surface area contributed by atoms with E-state index < -0.39 is 12.6 Å². The van der Waals surface area contributed by atoms with Crippen molar-refractivity contribution in [3.8, 4) is 0 Å². The van der Waals surface area contributed by atoms with Crippen LogP contribution in [0.3, 0.4) is 0 Å². The minimum atomic E-state index is -4.05. The number of hydrogen-bond donors (Lipinski definition) is 2. The quantitative estimate of drug-likeness (QED) is 0.409. The van der Waals surface area contributed by atoms with Crippen molar-refractivity contribution in [1.29, 1.82) is 0 Å². The van der Waals surface area contributed by atoms with Gasteiger partial charge in [0.1, 0.15) is 0 Å². The van der Waals surface area contributed by atoms with Crippen LogP contribution in [0.2, 0.25) is 0 Å². The average molecular weight is 285 g/mol. The van der Waals surface area contributed by atoms with Crippen LogP contribution in [0.1, 0.15) is 26.2 Å². The minimum Gasteiger partial charge on any atom is -0.357 e. The highest BCUT2D eigenvalue weighted by molar-refractivity contribution is 7.98. The lowest BCUT2D eigenvalue weighted by atomic mass is 10.2. The predicted molar refractivity (Wildman–Crippen MR) is 72.3 cm³/mol. The fourth-order valence-electron chi connectivity index (χ4n) is 1.24. The summed E-state index contributed by atoms with van der Waals surface area (Å²) in [5.74, 6) is 1.65. The topological polar surface area (TPSA) is 36.4 Å². The Morgan fingerprint density at radius 3 is 2.50 bits per heavy atom. The molecule has 0 aliphatic heterocycles. The van der Waals surface area contributed by atoms with Gasteiger partial charge >= 0.3 is 6.18 Å². The number of alkyl halides is 3. The molecule has 7 heteroatoms. The summed E-state index contributed by atoms with van der Waals surface area (Å²) in [6.07, 6.45) is -2.16. The molecule has 0 amide bonds. The van der Waals surface area contributed by atoms with Crippen LogP contribution in [0.15, 0.2) is 4.99 Å². The van der Waals surface area contributed by atoms with Crippen molar-refractivity contribution in [2.75, 3.05) is 31.6 Å². The molecule has 3 nitrogen and oxygen atoms in total. The summed E-state index contributed by atoms with van der Waals surface area (Å²) in [6.45, 7) is 3.92. The minimum absolute atomic E-state index is 0.136. The zero-order valence-electron chi connectivity index (χ0n) is 10.9. The molecule has 0 aliphatic rings. The normalized spacial score (nSPS) is 12.6. The molecular weight excluding hydrogens is 263 g/mol. The van der Waals surface area contributed by atoms with Crippen LogP contribution in [-0.2, 0) is 0 Å². The van der Waals surface area contributed by atoms with Gasteiger partial charge in [-0.15, -0.1) is 0 Å². The first-order chi connectivity index (χ1) is 8.49. The van der Waals surface area contributed by atoms with Gasteiger partial charge in [-0.1, -0.05) is 0 Å². The van der Waals surface area contributed by atoms with Crippen LogP contribution in [-0.4, -0.2) is 43.8 Å². The number of rotatable bonds is 8. The summed E-state index contributed by atoms with van der Waals surface area (Å²) in [5, 5.41) is 6.18. The van der Waals surface area contributed by atoms with E-state index in [-0.39, 0.29) is 6.42 Å². The second kappa shape index (κ2) is 10.3. The van der Waals surface area contributed by atoms with Crippen molar-refractivity contribution in [2.45, 2.75) is 32.4 Å². The van der Waals surface area contributed by atoms with E-state index in [1.165, 1.54) is 0 Å². The van der Waals surface area contributed by atoms with Gasteiger partial charge in [-0.05, 0) is 26.0 Å². The average Bonchev–Trinajstić information content (AvgIpc) is 2.27. The third kappa shape index (κ3) is 11.9. The van der Waals surface area contributed by atoms with Gasteiger partial charge in [-0.2, -0.15) is 24.9 Å². The molecule has 18 heavy (non-hydrogen) atoms. The lowest BCUT2D eigenvalue weighted by molar-refractivity contribution is -0.135. The molecule has 0 atom stereocenters. The molecule has 0 radical (unpaired) electrons. The summed E-state index contributed by atoms with van der Waals surface area (Å²) < 4.78 is 35.7. The first-order valence-corrected chi connectivity index (χ1v) is 7.47. The predicted octanol–water partition coefficient (Wildman–Crippen LogP) is 2.64. The molecule has 0 bridgehead atoms. The summed E-state index contributed by atoms with van der Waals surface area (Å²) in [4.78, 5) is 4.22. The molecule has 0 aromatic carbocycles. The van der Waals surface area contributed by atoms with Crippen molar-refractivity contribution in [2.24, 2.45) is 4.99 Å². The highest BCUT2D eigenvalue weighted by Gasteiger charge is 2.25. The Balaban J connectivity index is 3.78. The summed E-state index contributed by atoms with van der Waals surface area (Å²) >= 11 is 1.73. The fourth-order valence-corrected chi connectivity index (χ4v) is 1.55. The molecule has 0 spiro atoms. The molecule has 0 saturated heterocycles. The first kappa shape index (κ1) is 17.4. The Hall–Kier alpha value is -0.590. The zero-order valence-corrected chi connectivity index (χ0v) is 11.8. The molecule has 0 aromatic heterocycles. The highest BCUT2D eigenvalue weighted by atomic mass is 32.2. The lowest BCUT2D eigenvalue weighted by Gasteiger charge is -2.10. The number of unbranched alkanes of at least 4 members (excludes halogenated alkanes) is 1. The van der Waals surface area contributed by atoms with Crippen molar-refractivity contribution in [1.82, 2.24) is 10.6 Å². The summed E-state index contributed by atoms with van der Waals surface area (Å²) in [7, 11) is 0. The number of nitrogens with zero attached hydrogens (tertiary/aromatic N) is 1. The molecule has 0 heterocycles. The Labute approximate surface area is 111 Å². The SMILES string of the molecule is CCNC(=NCCCCC(F)(F)F)NCCSC. The number of halogens is 3. The number of aliphatic imine (C=N–C) groups is 1. The fraction of sp³-hybridized carbons (Fsp3) is 0.909. The Morgan fingerprint density at radius 1 is 1.22 bits per heavy atom. The molecule has 0 fully saturated rings. The zero-order chi connectivity index (χ0) is 13.9. The molecule has 0 rings (SSSR count). The van der Waals surface area contributed by atoms with E-state index in [4.69, 9.17) is 0 Å². The van der Waals surface area contributed by atoms with Gasteiger partial charge in [0, 0.05) is 31.8 Å². The number of thioether (sulfide) groups is 1. The monoisotopic (exact) mass is 285 g/mol. The lowest BCUT2D eigenvalue weighted by Crippen LogP contribution is -2.38. The van der Waals surface area contributed by atoms with E-state index >= 15 is 0 Å². The summed E-state index contributed by atoms with van der Waals surface area (Å²) in [6, 6.07) is 0. The molecule has 2 N–H and O–H groups in total. The van der Waals surface area contributed by atoms with Gasteiger partial charge in [0.05, 0.1) is 0 Å². The third-order valence-corrected chi connectivity index (χ3v) is 2.69. The smallest absolute Gasteiger partial charge is 0.357 e. The Bertz CT molecular complexity index is 232. The van der Waals surface area contributed by atoms with E-state index in [0.717, 1.165) is 18.8 Å². The maximum Gasteiger partial charge on any atom is 0.389 e. The molecule has 0 saturated carbocycles. The van der Waals surface area contributed by atoms with E-state index in [1.807, 2.05) is 13.2 Å². The number of nitrogens with one attached hydrogen (secondary N) is 2. The first-order valence-electron chi connectivity index (χ1n) is 6.07. The van der Waals surface area contributed by atoms with Crippen LogP contribution in [0, 0.1) is 0 Å². The largest absolute Gasteiger partial charge is 0.389 e. The second-order valence-electron chi connectivity index (χ2n) is 3.75. The van der Waals surface area contributed by atoms with Gasteiger partial charge in [-0.25, -0.2) is 0 Å². The second-order valence-corrected chi connectivity index (χ2v) is 4.74. The van der Waals surface area contributed by atoms with E-state index in [1.54, 1.807) is 11.8 Å². The van der Waals surface area contributed by atoms with Crippen molar-refractivity contribution in [3.05, 3.63) is 0 Å². The van der Waals surface area contributed by atoms with Crippen LogP contribution in [0.4, 0.5) is 13.2 Å². The molecule has 0 aliphatic carbocycles. The van der Waals surface area contributed by atoms with Crippen LogP contribution in [0.5, 0.6) is 0 Å². The maximum absolute atomic E-state index is 11.9. The molecule has 108 valence electrons. The Morgan fingerprint density at radius 2 is 1.94 bits per heavy atom. The molecular formula is C11H22F3N3S. The van der Waals surface area contributed by atoms with E-state index in [9.17, 15) is 13.2 Å². The molecule has 0 unspecified atom stereocenters. The maximum atomic E-state index is 11.9. The van der Waals surface area contributed by atoms with Gasteiger partial charge in [0.2, 0.25) is 0 Å². The van der Waals surface area contributed by atoms with Crippen molar-refractivity contribution >= 4 is 17.7 Å². The highest BCUT2D eigenvalue weighted by Crippen LogP contribution is 2.21. The Kier molecular flexibility index (Phi) is 10.0. The van der Waals surface area contributed by atoms with Gasteiger partial charge < -0.3 is 10.6 Å². The van der Waals surface area contributed by atoms with Crippen LogP contribution in [0.25, 0.3) is 0 Å². The van der Waals surface area contributed by atoms with Crippen LogP contribution < -0.4 is 10.6 Å². The standard InChI is InChI=1S/C11H22F3N3S/c1-3-15-10(17-8-9-18-2)16-7-5-4-6-11(12,13)14/h3-9H2,1-2H3,(H2,15,16,17). The summed E-state index contributed by atoms with van der Waals surface area (Å²) in [5.41, 5.74) is 0. The van der Waals surface area contributed by atoms with Gasteiger partial charge in [0.25, 0.3) is 0 Å². The van der Waals surface area contributed by atoms with E-state index in [0.29, 0.717) is 18.9 Å². The van der Waals surface area contributed by atoms with Crippen LogP contribution >= 0.6 is 11.8 Å². The molecule has 0 aromatic rings. The third-order valence-electron chi connectivity index (χ3n) is 2.08. The number of hydrogen-bond acceptors (Lipinski definition) is 2. The van der Waals surface area contributed by atoms with Crippen molar-refractivity contribution < 1.29 is 13.2 Å². The van der Waals surface area contributed by atoms with Gasteiger partial charge in [0.15, 0.2) is 5.96 Å².